The summed E-state index contributed by atoms with van der Waals surface area (Å²) in [5, 5.41) is -0.212. The van der Waals surface area contributed by atoms with Crippen molar-refractivity contribution in [3.63, 3.8) is 0 Å². The van der Waals surface area contributed by atoms with Crippen molar-refractivity contribution in [2.75, 3.05) is 5.34 Å². The van der Waals surface area contributed by atoms with E-state index in [2.05, 4.69) is 4.98 Å². The van der Waals surface area contributed by atoms with Crippen molar-refractivity contribution in [2.24, 2.45) is 0 Å². The van der Waals surface area contributed by atoms with Crippen molar-refractivity contribution in [3.8, 4) is 0 Å². The third-order valence-corrected chi connectivity index (χ3v) is 1.79. The fourth-order valence-corrected chi connectivity index (χ4v) is 1.01. The summed E-state index contributed by atoms with van der Waals surface area (Å²) in [5.41, 5.74) is 0.541. The molecule has 0 bridgehead atoms. The van der Waals surface area contributed by atoms with E-state index in [1.807, 2.05) is 24.3 Å². The second kappa shape index (κ2) is 12.4. The largest absolute Gasteiger partial charge is 0.276 e. The van der Waals surface area contributed by atoms with E-state index >= 15 is 0 Å². The minimum Gasteiger partial charge on any atom is -0.276 e. The fourth-order valence-electron chi connectivity index (χ4n) is 0.882. The lowest BCUT2D eigenvalue weighted by Crippen LogP contribution is -1.84. The van der Waals surface area contributed by atoms with E-state index in [9.17, 15) is 4.79 Å². The Labute approximate surface area is 122 Å². The molecule has 1 heterocycles. The average molecular weight is 305 g/mol. The monoisotopic (exact) mass is 303 g/mol. The van der Waals surface area contributed by atoms with Crippen LogP contribution < -0.4 is 0 Å². The summed E-state index contributed by atoms with van der Waals surface area (Å²) >= 11 is 14.7. The minimum atomic E-state index is -0.407. The van der Waals surface area contributed by atoms with Crippen molar-refractivity contribution in [1.29, 1.82) is 0 Å². The maximum atomic E-state index is 10.4. The van der Waals surface area contributed by atoms with Crippen LogP contribution in [0.2, 0.25) is 0 Å². The zero-order valence-electron chi connectivity index (χ0n) is 9.47. The van der Waals surface area contributed by atoms with Crippen LogP contribution in [0.5, 0.6) is 0 Å². The Hall–Kier alpha value is -1.09. The standard InChI is InChI=1S/C7H5ClO.C5H5N.CH2Cl2/c8-7(9)6-4-2-1-3-5-6;1-2-4-6-5-3-1;2-1-3/h1-5H;1-5H;1H2. The van der Waals surface area contributed by atoms with Gasteiger partial charge in [0, 0.05) is 18.0 Å². The maximum absolute atomic E-state index is 10.4. The number of rotatable bonds is 1. The van der Waals surface area contributed by atoms with Crippen molar-refractivity contribution >= 4 is 40.0 Å². The quantitative estimate of drug-likeness (QED) is 0.570. The number of carbonyl (C=O) groups excluding carboxylic acids is 1. The van der Waals surface area contributed by atoms with Crippen LogP contribution in [-0.2, 0) is 0 Å². The summed E-state index contributed by atoms with van der Waals surface area (Å²) in [5.74, 6) is 0. The molecule has 0 spiro atoms. The van der Waals surface area contributed by atoms with Crippen LogP contribution in [0.4, 0.5) is 0 Å². The van der Waals surface area contributed by atoms with Crippen molar-refractivity contribution in [2.45, 2.75) is 0 Å². The number of pyridine rings is 1. The second-order valence-electron chi connectivity index (χ2n) is 2.77. The molecule has 0 N–H and O–H groups in total. The van der Waals surface area contributed by atoms with Crippen LogP contribution in [0.25, 0.3) is 0 Å². The first kappa shape index (κ1) is 16.9. The molecule has 18 heavy (non-hydrogen) atoms. The highest BCUT2D eigenvalue weighted by Crippen LogP contribution is 2.01. The predicted molar refractivity (Wildman–Crippen MR) is 77.4 cm³/mol. The normalized spacial score (nSPS) is 8.17. The fraction of sp³-hybridized carbons (Fsp3) is 0.0769. The van der Waals surface area contributed by atoms with E-state index in [1.165, 1.54) is 0 Å². The van der Waals surface area contributed by atoms with Crippen molar-refractivity contribution in [1.82, 2.24) is 4.98 Å². The lowest BCUT2D eigenvalue weighted by Gasteiger charge is -1.87. The van der Waals surface area contributed by atoms with Crippen molar-refractivity contribution < 1.29 is 4.79 Å². The van der Waals surface area contributed by atoms with Crippen LogP contribution in [0.1, 0.15) is 10.4 Å². The average Bonchev–Trinajstić information content (AvgIpc) is 2.43. The van der Waals surface area contributed by atoms with Gasteiger partial charge in [-0.25, -0.2) is 0 Å². The van der Waals surface area contributed by atoms with E-state index in [-0.39, 0.29) is 5.34 Å². The highest BCUT2D eigenvalue weighted by molar-refractivity contribution is 6.67. The van der Waals surface area contributed by atoms with E-state index in [4.69, 9.17) is 34.8 Å². The van der Waals surface area contributed by atoms with Gasteiger partial charge in [-0.05, 0) is 23.7 Å². The Morgan fingerprint density at radius 1 is 0.944 bits per heavy atom. The summed E-state index contributed by atoms with van der Waals surface area (Å²) in [7, 11) is 0. The van der Waals surface area contributed by atoms with Crippen LogP contribution in [0.3, 0.4) is 0 Å². The number of benzene rings is 1. The number of hydrogen-bond acceptors (Lipinski definition) is 2. The number of alkyl halides is 2. The molecule has 1 aromatic heterocycles. The molecule has 1 aromatic carbocycles. The summed E-state index contributed by atoms with van der Waals surface area (Å²) in [4.78, 5) is 14.2. The number of hydrogen-bond donors (Lipinski definition) is 0. The number of nitrogens with zero attached hydrogens (tertiary/aromatic N) is 1. The Morgan fingerprint density at radius 2 is 1.39 bits per heavy atom. The van der Waals surface area contributed by atoms with Crippen LogP contribution in [0.15, 0.2) is 60.9 Å². The van der Waals surface area contributed by atoms with Gasteiger partial charge in [-0.2, -0.15) is 0 Å². The summed E-state index contributed by atoms with van der Waals surface area (Å²) in [6, 6.07) is 14.5. The molecule has 0 saturated carbocycles. The van der Waals surface area contributed by atoms with Gasteiger partial charge in [-0.1, -0.05) is 36.4 Å². The van der Waals surface area contributed by atoms with Gasteiger partial charge in [0.2, 0.25) is 0 Å². The maximum Gasteiger partial charge on any atom is 0.252 e. The summed E-state index contributed by atoms with van der Waals surface area (Å²) < 4.78 is 0. The van der Waals surface area contributed by atoms with E-state index < -0.39 is 5.24 Å². The smallest absolute Gasteiger partial charge is 0.252 e. The Bertz CT molecular complexity index is 382. The van der Waals surface area contributed by atoms with Gasteiger partial charge >= 0.3 is 0 Å². The van der Waals surface area contributed by atoms with Gasteiger partial charge in [0.15, 0.2) is 0 Å². The molecular formula is C13H12Cl3NO. The molecule has 0 unspecified atom stereocenters. The highest BCUT2D eigenvalue weighted by Gasteiger charge is 1.95. The molecule has 2 aromatic rings. The third-order valence-electron chi connectivity index (χ3n) is 1.57. The molecule has 0 aliphatic heterocycles. The molecule has 0 aliphatic carbocycles. The van der Waals surface area contributed by atoms with Gasteiger partial charge in [-0.3, -0.25) is 9.78 Å². The Kier molecular flexibility index (Phi) is 11.6. The van der Waals surface area contributed by atoms with Crippen LogP contribution in [-0.4, -0.2) is 15.6 Å². The first-order valence-electron chi connectivity index (χ1n) is 4.94. The molecule has 0 fully saturated rings. The topological polar surface area (TPSA) is 30.0 Å². The first-order chi connectivity index (χ1) is 8.72. The first-order valence-corrected chi connectivity index (χ1v) is 6.39. The molecule has 0 saturated heterocycles. The van der Waals surface area contributed by atoms with Gasteiger partial charge in [0.05, 0.1) is 5.34 Å². The van der Waals surface area contributed by atoms with E-state index in [0.29, 0.717) is 5.56 Å². The minimum absolute atomic E-state index is 0.194. The molecule has 96 valence electrons. The van der Waals surface area contributed by atoms with Gasteiger partial charge in [0.25, 0.3) is 5.24 Å². The van der Waals surface area contributed by atoms with Crippen molar-refractivity contribution in [3.05, 3.63) is 66.5 Å². The molecule has 0 atom stereocenters. The number of halogens is 3. The van der Waals surface area contributed by atoms with E-state index in [0.717, 1.165) is 0 Å². The Balaban J connectivity index is 0.000000278. The van der Waals surface area contributed by atoms with Crippen LogP contribution in [0, 0.1) is 0 Å². The molecule has 5 heteroatoms. The summed E-state index contributed by atoms with van der Waals surface area (Å²) in [6.07, 6.45) is 3.50. The molecule has 0 radical (unpaired) electrons. The predicted octanol–water partition coefficient (Wildman–Crippen LogP) is 4.57. The zero-order valence-corrected chi connectivity index (χ0v) is 11.7. The van der Waals surface area contributed by atoms with Gasteiger partial charge < -0.3 is 0 Å². The molecule has 0 amide bonds. The molecular weight excluding hydrogens is 293 g/mol. The number of carbonyl (C=O) groups is 1. The lowest BCUT2D eigenvalue weighted by atomic mass is 10.2. The highest BCUT2D eigenvalue weighted by atomic mass is 35.5. The van der Waals surface area contributed by atoms with Crippen LogP contribution >= 0.6 is 34.8 Å². The third kappa shape index (κ3) is 10.1. The zero-order chi connectivity index (χ0) is 13.6. The lowest BCUT2D eigenvalue weighted by molar-refractivity contribution is 0.108. The molecule has 2 rings (SSSR count). The SMILES string of the molecule is ClCCl.O=C(Cl)c1ccccc1.c1ccncc1. The Morgan fingerprint density at radius 3 is 1.61 bits per heavy atom. The van der Waals surface area contributed by atoms with Gasteiger partial charge in [-0.15, -0.1) is 23.2 Å². The molecule has 2 nitrogen and oxygen atoms in total. The second-order valence-corrected chi connectivity index (χ2v) is 3.92. The summed E-state index contributed by atoms with van der Waals surface area (Å²) in [6.45, 7) is 0. The number of aromatic nitrogens is 1. The van der Waals surface area contributed by atoms with Gasteiger partial charge in [0.1, 0.15) is 0 Å². The van der Waals surface area contributed by atoms with E-state index in [1.54, 1.807) is 36.7 Å². The molecule has 0 aliphatic rings.